The molecule has 0 spiro atoms. The first-order valence-electron chi connectivity index (χ1n) is 24.3. The van der Waals surface area contributed by atoms with Crippen LogP contribution < -0.4 is 35.5 Å². The van der Waals surface area contributed by atoms with Crippen molar-refractivity contribution in [1.82, 2.24) is 30.9 Å². The molecule has 2 aliphatic rings. The minimum atomic E-state index is -3.92. The van der Waals surface area contributed by atoms with E-state index in [1.807, 2.05) is 18.2 Å². The SMILES string of the molecule is CCC(C(=O)NCCCCC(NS(C)(=O)=O)C(=O)NC[C@@H](N[C@@H](C(=O)N[C@H](Cc1ccc(O)cc1)C(=O)O)C(C)C)C(=O)O)C(=O)O[C@@H]1CCN([C@@H]2CCCC[C@H]2OCCc2ccc(OC)c(OC)c2)C1. The van der Waals surface area contributed by atoms with E-state index >= 15 is 0 Å². The summed E-state index contributed by atoms with van der Waals surface area (Å²) >= 11 is 0. The number of phenolic OH excluding ortho intramolecular Hbond substituents is 1. The van der Waals surface area contributed by atoms with Gasteiger partial charge in [0.25, 0.3) is 0 Å². The fraction of sp³-hybridized carbons (Fsp3) is 0.633. The lowest BCUT2D eigenvalue weighted by Gasteiger charge is -2.37. The second kappa shape index (κ2) is 28.5. The third-order valence-corrected chi connectivity index (χ3v) is 13.5. The van der Waals surface area contributed by atoms with Crippen molar-refractivity contribution >= 4 is 45.7 Å². The van der Waals surface area contributed by atoms with Gasteiger partial charge < -0.3 is 50.2 Å². The average Bonchev–Trinajstić information content (AvgIpc) is 3.79. The summed E-state index contributed by atoms with van der Waals surface area (Å²) in [5.74, 6) is -5.81. The van der Waals surface area contributed by atoms with E-state index in [0.717, 1.165) is 50.5 Å². The minimum absolute atomic E-state index is 0.0232. The highest BCUT2D eigenvalue weighted by Gasteiger charge is 2.38. The number of esters is 1. The van der Waals surface area contributed by atoms with Gasteiger partial charge in [-0.05, 0) is 92.7 Å². The number of carbonyl (C=O) groups is 6. The van der Waals surface area contributed by atoms with Gasteiger partial charge in [0.05, 0.1) is 39.2 Å². The van der Waals surface area contributed by atoms with Crippen molar-refractivity contribution in [2.24, 2.45) is 11.8 Å². The molecule has 1 saturated carbocycles. The lowest BCUT2D eigenvalue weighted by Crippen LogP contribution is -2.59. The first kappa shape index (κ1) is 58.0. The van der Waals surface area contributed by atoms with Gasteiger partial charge in [-0.15, -0.1) is 0 Å². The van der Waals surface area contributed by atoms with Crippen molar-refractivity contribution in [2.45, 2.75) is 134 Å². The minimum Gasteiger partial charge on any atom is -0.508 e. The van der Waals surface area contributed by atoms with E-state index in [0.29, 0.717) is 43.1 Å². The van der Waals surface area contributed by atoms with Gasteiger partial charge in [-0.3, -0.25) is 34.2 Å². The average molecular weight is 1020 g/mol. The number of benzene rings is 2. The number of aromatic hydroxyl groups is 1. The van der Waals surface area contributed by atoms with Crippen molar-refractivity contribution in [3.05, 3.63) is 53.6 Å². The number of sulfonamides is 1. The number of likely N-dealkylation sites (tertiary alicyclic amines) is 1. The van der Waals surface area contributed by atoms with Gasteiger partial charge in [0.15, 0.2) is 11.5 Å². The Labute approximate surface area is 416 Å². The number of aliphatic carboxylic acids is 2. The molecule has 4 rings (SSSR count). The standard InChI is InChI=1S/C49H74N6O15S/c1-7-35(49(64)70-34-21-24-55(29-34)39-13-8-9-14-40(39)69-25-22-32-17-20-41(67-4)42(27-32)68-5)44(57)50-23-11-10-12-36(54-71(6,65)66)45(58)51-28-38(48(62)63)52-43(30(2)3)46(59)53-37(47(60)61)26-31-15-18-33(56)19-16-31/h15-20,27,30,34-40,43,52,54,56H,7-14,21-26,28-29H2,1-6H3,(H,50,57)(H,51,58)(H,53,59)(H,60,61)(H,62,63)/t34-,35?,36?,37-,38-,39-,40-,43-/m1/s1. The molecule has 0 bridgehead atoms. The molecular formula is C49H74N6O15S. The highest BCUT2D eigenvalue weighted by atomic mass is 32.2. The molecule has 1 aliphatic carbocycles. The van der Waals surface area contributed by atoms with Crippen LogP contribution in [0.4, 0.5) is 0 Å². The number of unbranched alkanes of at least 4 members (excludes halogenated alkanes) is 1. The molecule has 2 aromatic carbocycles. The summed E-state index contributed by atoms with van der Waals surface area (Å²) in [4.78, 5) is 79.9. The Kier molecular flexibility index (Phi) is 23.3. The van der Waals surface area contributed by atoms with Gasteiger partial charge in [0.1, 0.15) is 35.9 Å². The topological polar surface area (TPSA) is 298 Å². The van der Waals surface area contributed by atoms with Crippen molar-refractivity contribution in [3.63, 3.8) is 0 Å². The number of nitrogens with zero attached hydrogens (tertiary/aromatic N) is 1. The number of hydrogen-bond donors (Lipinski definition) is 8. The van der Waals surface area contributed by atoms with Crippen LogP contribution in [-0.2, 0) is 61.1 Å². The number of phenols is 1. The predicted molar refractivity (Wildman–Crippen MR) is 261 cm³/mol. The Hall–Kier alpha value is -5.55. The monoisotopic (exact) mass is 1020 g/mol. The number of carboxylic acids is 2. The number of rotatable bonds is 30. The summed E-state index contributed by atoms with van der Waals surface area (Å²) in [5.41, 5.74) is 1.60. The molecule has 396 valence electrons. The zero-order valence-electron chi connectivity index (χ0n) is 41.6. The smallest absolute Gasteiger partial charge is 0.326 e. The summed E-state index contributed by atoms with van der Waals surface area (Å²) in [7, 11) is -0.714. The summed E-state index contributed by atoms with van der Waals surface area (Å²) in [6.45, 7) is 6.33. The maximum atomic E-state index is 13.3. The van der Waals surface area contributed by atoms with Crippen LogP contribution in [0.3, 0.4) is 0 Å². The molecule has 8 N–H and O–H groups in total. The van der Waals surface area contributed by atoms with Crippen molar-refractivity contribution < 1.29 is 71.5 Å². The van der Waals surface area contributed by atoms with Crippen molar-refractivity contribution in [1.29, 1.82) is 0 Å². The zero-order valence-corrected chi connectivity index (χ0v) is 42.5. The van der Waals surface area contributed by atoms with E-state index in [-0.39, 0.29) is 56.2 Å². The molecule has 2 aromatic rings. The fourth-order valence-electron chi connectivity index (χ4n) is 8.88. The second-order valence-electron chi connectivity index (χ2n) is 18.5. The summed E-state index contributed by atoms with van der Waals surface area (Å²) in [5, 5.41) is 39.7. The highest BCUT2D eigenvalue weighted by molar-refractivity contribution is 7.88. The molecular weight excluding hydrogens is 945 g/mol. The van der Waals surface area contributed by atoms with E-state index in [2.05, 4.69) is 30.9 Å². The molecule has 22 heteroatoms. The van der Waals surface area contributed by atoms with E-state index < -0.39 is 88.2 Å². The van der Waals surface area contributed by atoms with Gasteiger partial charge in [-0.1, -0.05) is 51.8 Å². The number of carbonyl (C=O) groups excluding carboxylic acids is 4. The van der Waals surface area contributed by atoms with Gasteiger partial charge >= 0.3 is 17.9 Å². The van der Waals surface area contributed by atoms with Crippen LogP contribution in [0.15, 0.2) is 42.5 Å². The predicted octanol–water partition coefficient (Wildman–Crippen LogP) is 2.12. The number of nitrogens with one attached hydrogen (secondary N) is 5. The third kappa shape index (κ3) is 18.9. The quantitative estimate of drug-likeness (QED) is 0.0316. The molecule has 2 unspecified atom stereocenters. The number of methoxy groups -OCH3 is 2. The zero-order chi connectivity index (χ0) is 52.3. The number of hydrogen-bond acceptors (Lipinski definition) is 15. The molecule has 0 aromatic heterocycles. The number of amides is 3. The van der Waals surface area contributed by atoms with Crippen LogP contribution in [0.5, 0.6) is 17.2 Å². The molecule has 1 saturated heterocycles. The molecule has 21 nitrogen and oxygen atoms in total. The van der Waals surface area contributed by atoms with Crippen LogP contribution >= 0.6 is 0 Å². The van der Waals surface area contributed by atoms with Crippen molar-refractivity contribution in [3.8, 4) is 17.2 Å². The Bertz CT molecular complexity index is 2200. The summed E-state index contributed by atoms with van der Waals surface area (Å²) in [6, 6.07) is 6.31. The van der Waals surface area contributed by atoms with Crippen LogP contribution in [0, 0.1) is 11.8 Å². The third-order valence-electron chi connectivity index (χ3n) is 12.8. The molecule has 0 radical (unpaired) electrons. The van der Waals surface area contributed by atoms with Gasteiger partial charge in [-0.25, -0.2) is 17.9 Å². The molecule has 1 aliphatic heterocycles. The number of ether oxygens (including phenoxy) is 4. The Morgan fingerprint density at radius 2 is 1.49 bits per heavy atom. The van der Waals surface area contributed by atoms with Gasteiger partial charge in [0, 0.05) is 38.6 Å². The lowest BCUT2D eigenvalue weighted by molar-refractivity contribution is -0.157. The largest absolute Gasteiger partial charge is 0.508 e. The van der Waals surface area contributed by atoms with Gasteiger partial charge in [0.2, 0.25) is 27.7 Å². The van der Waals surface area contributed by atoms with E-state index in [1.165, 1.54) is 24.3 Å². The maximum absolute atomic E-state index is 13.3. The lowest BCUT2D eigenvalue weighted by atomic mass is 9.91. The fourth-order valence-corrected chi connectivity index (χ4v) is 9.62. The van der Waals surface area contributed by atoms with Gasteiger partial charge in [-0.2, -0.15) is 0 Å². The first-order valence-corrected chi connectivity index (χ1v) is 26.2. The Morgan fingerprint density at radius 1 is 0.817 bits per heavy atom. The molecule has 8 atom stereocenters. The second-order valence-corrected chi connectivity index (χ2v) is 20.3. The summed E-state index contributed by atoms with van der Waals surface area (Å²) < 4.78 is 49.9. The van der Waals surface area contributed by atoms with Crippen LogP contribution in [0.2, 0.25) is 0 Å². The first-order chi connectivity index (χ1) is 33.7. The van der Waals surface area contributed by atoms with E-state index in [4.69, 9.17) is 18.9 Å². The summed E-state index contributed by atoms with van der Waals surface area (Å²) in [6.07, 6.45) is 6.57. The van der Waals surface area contributed by atoms with E-state index in [9.17, 15) is 52.5 Å². The van der Waals surface area contributed by atoms with Crippen LogP contribution in [-0.4, -0.2) is 160 Å². The molecule has 3 amide bonds. The molecule has 1 heterocycles. The molecule has 2 fully saturated rings. The number of carboxylic acid groups (broad SMARTS) is 2. The normalized spacial score (nSPS) is 19.4. The van der Waals surface area contributed by atoms with Crippen molar-refractivity contribution in [2.75, 3.05) is 53.3 Å². The van der Waals surface area contributed by atoms with Crippen LogP contribution in [0.25, 0.3) is 0 Å². The maximum Gasteiger partial charge on any atom is 0.326 e. The van der Waals surface area contributed by atoms with Crippen LogP contribution in [0.1, 0.15) is 89.7 Å². The van der Waals surface area contributed by atoms with E-state index in [1.54, 1.807) is 35.0 Å². The highest BCUT2D eigenvalue weighted by Crippen LogP contribution is 2.31. The Balaban J connectivity index is 1.22. The molecule has 71 heavy (non-hydrogen) atoms. The Morgan fingerprint density at radius 3 is 2.13 bits per heavy atom.